The molecule has 0 aromatic heterocycles. The molecule has 0 radical (unpaired) electrons. The molecule has 1 saturated heterocycles. The smallest absolute Gasteiger partial charge is 0.00697 e. The van der Waals surface area contributed by atoms with Crippen molar-refractivity contribution in [2.24, 2.45) is 11.8 Å². The number of piperidine rings is 1. The lowest BCUT2D eigenvalue weighted by atomic mass is 9.83. The van der Waals surface area contributed by atoms with Gasteiger partial charge in [-0.15, -0.1) is 0 Å². The van der Waals surface area contributed by atoms with Crippen LogP contribution in [0.25, 0.3) is 0 Å². The first-order chi connectivity index (χ1) is 5.74. The molecule has 72 valence electrons. The van der Waals surface area contributed by atoms with Crippen molar-refractivity contribution in [3.8, 4) is 0 Å². The molecule has 1 heterocycles. The van der Waals surface area contributed by atoms with Crippen molar-refractivity contribution in [1.82, 2.24) is 5.32 Å². The zero-order valence-electron chi connectivity index (χ0n) is 8.77. The third-order valence-electron chi connectivity index (χ3n) is 3.12. The number of nitrogens with one attached hydrogen (secondary N) is 1. The Morgan fingerprint density at radius 3 is 2.75 bits per heavy atom. The van der Waals surface area contributed by atoms with Crippen LogP contribution in [0.15, 0.2) is 0 Å². The maximum Gasteiger partial charge on any atom is 0.00697 e. The van der Waals surface area contributed by atoms with E-state index in [9.17, 15) is 0 Å². The normalized spacial score (nSPS) is 31.0. The van der Waals surface area contributed by atoms with Crippen molar-refractivity contribution in [2.75, 3.05) is 6.54 Å². The van der Waals surface area contributed by atoms with Gasteiger partial charge in [-0.05, 0) is 37.6 Å². The molecule has 0 aromatic carbocycles. The number of hydrogen-bond acceptors (Lipinski definition) is 1. The van der Waals surface area contributed by atoms with Crippen LogP contribution in [0.3, 0.4) is 0 Å². The van der Waals surface area contributed by atoms with Crippen molar-refractivity contribution >= 4 is 0 Å². The lowest BCUT2D eigenvalue weighted by Gasteiger charge is -2.32. The minimum Gasteiger partial charge on any atom is -0.314 e. The zero-order valence-corrected chi connectivity index (χ0v) is 8.77. The van der Waals surface area contributed by atoms with E-state index in [0.29, 0.717) is 0 Å². The molecule has 0 spiro atoms. The average Bonchev–Trinajstić information content (AvgIpc) is 2.05. The van der Waals surface area contributed by atoms with Gasteiger partial charge in [0.15, 0.2) is 0 Å². The Balaban J connectivity index is 2.30. The highest BCUT2D eigenvalue weighted by Crippen LogP contribution is 2.25. The standard InChI is InChI=1S/C11H23N/c1-4-5-11-8-10(9(2)3)6-7-12-11/h9-12H,4-8H2,1-3H3. The molecule has 1 aliphatic heterocycles. The van der Waals surface area contributed by atoms with Crippen LogP contribution in [-0.4, -0.2) is 12.6 Å². The summed E-state index contributed by atoms with van der Waals surface area (Å²) in [5, 5.41) is 3.60. The van der Waals surface area contributed by atoms with E-state index in [0.717, 1.165) is 17.9 Å². The first-order valence-electron chi connectivity index (χ1n) is 5.47. The summed E-state index contributed by atoms with van der Waals surface area (Å²) in [6.45, 7) is 8.24. The van der Waals surface area contributed by atoms with Crippen LogP contribution >= 0.6 is 0 Å². The minimum absolute atomic E-state index is 0.816. The maximum atomic E-state index is 3.60. The fourth-order valence-electron chi connectivity index (χ4n) is 2.21. The number of hydrogen-bond donors (Lipinski definition) is 1. The quantitative estimate of drug-likeness (QED) is 0.685. The van der Waals surface area contributed by atoms with E-state index in [1.54, 1.807) is 0 Å². The first-order valence-corrected chi connectivity index (χ1v) is 5.47. The van der Waals surface area contributed by atoms with Gasteiger partial charge in [0.25, 0.3) is 0 Å². The van der Waals surface area contributed by atoms with Crippen molar-refractivity contribution in [3.63, 3.8) is 0 Å². The Labute approximate surface area is 76.9 Å². The van der Waals surface area contributed by atoms with E-state index in [2.05, 4.69) is 26.1 Å². The van der Waals surface area contributed by atoms with Gasteiger partial charge < -0.3 is 5.32 Å². The average molecular weight is 169 g/mol. The largest absolute Gasteiger partial charge is 0.314 e. The second-order valence-electron chi connectivity index (χ2n) is 4.47. The molecule has 2 unspecified atom stereocenters. The van der Waals surface area contributed by atoms with Crippen LogP contribution in [0.1, 0.15) is 46.5 Å². The van der Waals surface area contributed by atoms with Gasteiger partial charge in [0, 0.05) is 6.04 Å². The van der Waals surface area contributed by atoms with Crippen LogP contribution in [-0.2, 0) is 0 Å². The monoisotopic (exact) mass is 169 g/mol. The summed E-state index contributed by atoms with van der Waals surface area (Å²) in [5.41, 5.74) is 0. The van der Waals surface area contributed by atoms with Crippen molar-refractivity contribution < 1.29 is 0 Å². The molecule has 1 heteroatoms. The van der Waals surface area contributed by atoms with Crippen LogP contribution < -0.4 is 5.32 Å². The fraction of sp³-hybridized carbons (Fsp3) is 1.00. The molecule has 2 atom stereocenters. The summed E-state index contributed by atoms with van der Waals surface area (Å²) in [6, 6.07) is 0.816. The summed E-state index contributed by atoms with van der Waals surface area (Å²) in [7, 11) is 0. The highest BCUT2D eigenvalue weighted by Gasteiger charge is 2.22. The van der Waals surface area contributed by atoms with Crippen molar-refractivity contribution in [2.45, 2.75) is 52.5 Å². The van der Waals surface area contributed by atoms with Crippen molar-refractivity contribution in [3.05, 3.63) is 0 Å². The molecular formula is C11H23N. The number of rotatable bonds is 3. The summed E-state index contributed by atoms with van der Waals surface area (Å²) < 4.78 is 0. The molecule has 1 N–H and O–H groups in total. The maximum absolute atomic E-state index is 3.60. The predicted octanol–water partition coefficient (Wildman–Crippen LogP) is 2.81. The van der Waals surface area contributed by atoms with Gasteiger partial charge in [0.1, 0.15) is 0 Å². The lowest BCUT2D eigenvalue weighted by Crippen LogP contribution is -2.39. The molecule has 0 bridgehead atoms. The van der Waals surface area contributed by atoms with Gasteiger partial charge in [0.2, 0.25) is 0 Å². The molecule has 0 amide bonds. The van der Waals surface area contributed by atoms with Crippen molar-refractivity contribution in [1.29, 1.82) is 0 Å². The van der Waals surface area contributed by atoms with Crippen LogP contribution in [0.2, 0.25) is 0 Å². The summed E-state index contributed by atoms with van der Waals surface area (Å²) in [6.07, 6.45) is 5.48. The SMILES string of the molecule is CCCC1CC(C(C)C)CCN1. The van der Waals surface area contributed by atoms with Gasteiger partial charge in [-0.2, -0.15) is 0 Å². The third-order valence-corrected chi connectivity index (χ3v) is 3.12. The lowest BCUT2D eigenvalue weighted by molar-refractivity contribution is 0.235. The van der Waals surface area contributed by atoms with Crippen LogP contribution in [0.4, 0.5) is 0 Å². The van der Waals surface area contributed by atoms with E-state index in [4.69, 9.17) is 0 Å². The molecular weight excluding hydrogens is 146 g/mol. The molecule has 1 rings (SSSR count). The van der Waals surface area contributed by atoms with Gasteiger partial charge in [-0.1, -0.05) is 27.2 Å². The summed E-state index contributed by atoms with van der Waals surface area (Å²) in [4.78, 5) is 0. The van der Waals surface area contributed by atoms with Crippen LogP contribution in [0, 0.1) is 11.8 Å². The Hall–Kier alpha value is -0.0400. The minimum atomic E-state index is 0.816. The molecule has 1 fully saturated rings. The molecule has 1 nitrogen and oxygen atoms in total. The van der Waals surface area contributed by atoms with Gasteiger partial charge in [-0.25, -0.2) is 0 Å². The van der Waals surface area contributed by atoms with E-state index in [-0.39, 0.29) is 0 Å². The van der Waals surface area contributed by atoms with E-state index in [1.165, 1.54) is 32.2 Å². The highest BCUT2D eigenvalue weighted by atomic mass is 14.9. The van der Waals surface area contributed by atoms with E-state index < -0.39 is 0 Å². The predicted molar refractivity (Wildman–Crippen MR) is 54.3 cm³/mol. The molecule has 1 aliphatic rings. The van der Waals surface area contributed by atoms with Gasteiger partial charge >= 0.3 is 0 Å². The van der Waals surface area contributed by atoms with E-state index >= 15 is 0 Å². The van der Waals surface area contributed by atoms with Gasteiger partial charge in [-0.3, -0.25) is 0 Å². The van der Waals surface area contributed by atoms with Crippen LogP contribution in [0.5, 0.6) is 0 Å². The molecule has 0 aliphatic carbocycles. The Morgan fingerprint density at radius 2 is 2.17 bits per heavy atom. The van der Waals surface area contributed by atoms with Gasteiger partial charge in [0.05, 0.1) is 0 Å². The second-order valence-corrected chi connectivity index (χ2v) is 4.47. The third kappa shape index (κ3) is 2.78. The molecule has 12 heavy (non-hydrogen) atoms. The highest BCUT2D eigenvalue weighted by molar-refractivity contribution is 4.79. The van der Waals surface area contributed by atoms with E-state index in [1.807, 2.05) is 0 Å². The fourth-order valence-corrected chi connectivity index (χ4v) is 2.21. The topological polar surface area (TPSA) is 12.0 Å². The molecule has 0 aromatic rings. The zero-order chi connectivity index (χ0) is 8.97. The summed E-state index contributed by atoms with van der Waals surface area (Å²) in [5.74, 6) is 1.86. The first kappa shape index (κ1) is 10.0. The second kappa shape index (κ2) is 4.86. The Kier molecular flexibility index (Phi) is 4.07. The Bertz CT molecular complexity index is 118. The molecule has 0 saturated carbocycles. The summed E-state index contributed by atoms with van der Waals surface area (Å²) >= 11 is 0. The Morgan fingerprint density at radius 1 is 1.42 bits per heavy atom.